The maximum atomic E-state index is 13.2. The van der Waals surface area contributed by atoms with E-state index >= 15 is 0 Å². The molecular weight excluding hydrogens is 420 g/mol. The fourth-order valence-corrected chi connectivity index (χ4v) is 4.16. The molecule has 172 valence electrons. The second-order valence-corrected chi connectivity index (χ2v) is 8.11. The van der Waals surface area contributed by atoms with E-state index in [0.717, 1.165) is 5.69 Å². The average Bonchev–Trinajstić information content (AvgIpc) is 3.31. The Kier molecular flexibility index (Phi) is 7.02. The van der Waals surface area contributed by atoms with E-state index in [0.29, 0.717) is 31.5 Å². The number of esters is 1. The summed E-state index contributed by atoms with van der Waals surface area (Å²) in [5, 5.41) is 9.10. The molecule has 0 aromatic heterocycles. The van der Waals surface area contributed by atoms with Crippen molar-refractivity contribution < 1.29 is 19.1 Å². The van der Waals surface area contributed by atoms with Crippen LogP contribution in [0, 0.1) is 0 Å². The number of nitrogens with one attached hydrogen (secondary N) is 1. The van der Waals surface area contributed by atoms with Crippen LogP contribution in [-0.2, 0) is 14.3 Å². The monoisotopic (exact) mass is 448 g/mol. The van der Waals surface area contributed by atoms with Crippen molar-refractivity contribution in [1.82, 2.24) is 10.2 Å². The van der Waals surface area contributed by atoms with Gasteiger partial charge in [0.05, 0.1) is 12.3 Å². The normalized spacial score (nSPS) is 18.6. The first kappa shape index (κ1) is 22.5. The number of hydrogen-bond acceptors (Lipinski definition) is 6. The van der Waals surface area contributed by atoms with Crippen LogP contribution in [0.3, 0.4) is 0 Å². The van der Waals surface area contributed by atoms with Crippen LogP contribution < -0.4 is 10.3 Å². The first-order valence-electron chi connectivity index (χ1n) is 11.3. The zero-order valence-corrected chi connectivity index (χ0v) is 18.6. The Hall–Kier alpha value is -3.68. The number of hydrogen-bond donors (Lipinski definition) is 1. The molecule has 0 spiro atoms. The van der Waals surface area contributed by atoms with Gasteiger partial charge >= 0.3 is 5.97 Å². The van der Waals surface area contributed by atoms with Gasteiger partial charge < -0.3 is 15.0 Å². The summed E-state index contributed by atoms with van der Waals surface area (Å²) in [5.74, 6) is -0.671. The molecule has 0 radical (unpaired) electrons. The highest BCUT2D eigenvalue weighted by Gasteiger charge is 2.38. The lowest BCUT2D eigenvalue weighted by Gasteiger charge is -2.33. The van der Waals surface area contributed by atoms with Crippen LogP contribution in [0.1, 0.15) is 36.5 Å². The number of carbonyl (C=O) groups is 3. The van der Waals surface area contributed by atoms with Crippen molar-refractivity contribution in [2.45, 2.75) is 38.3 Å². The van der Waals surface area contributed by atoms with Gasteiger partial charge in [-0.1, -0.05) is 36.4 Å². The van der Waals surface area contributed by atoms with Crippen molar-refractivity contribution >= 4 is 29.2 Å². The lowest BCUT2D eigenvalue weighted by molar-refractivity contribution is -0.135. The minimum absolute atomic E-state index is 0.0129. The molecule has 4 rings (SSSR count). The molecule has 2 amide bonds. The van der Waals surface area contributed by atoms with Gasteiger partial charge in [-0.3, -0.25) is 14.6 Å². The number of carbonyl (C=O) groups excluding carboxylic acids is 3. The van der Waals surface area contributed by atoms with Crippen molar-refractivity contribution in [3.8, 4) is 0 Å². The van der Waals surface area contributed by atoms with Gasteiger partial charge in [0.15, 0.2) is 0 Å². The van der Waals surface area contributed by atoms with E-state index in [-0.39, 0.29) is 36.6 Å². The summed E-state index contributed by atoms with van der Waals surface area (Å²) in [6.45, 7) is 3.15. The molecule has 8 nitrogen and oxygen atoms in total. The third-order valence-corrected chi connectivity index (χ3v) is 5.89. The van der Waals surface area contributed by atoms with Gasteiger partial charge in [0.25, 0.3) is 5.91 Å². The van der Waals surface area contributed by atoms with Crippen molar-refractivity contribution in [2.24, 2.45) is 5.10 Å². The number of likely N-dealkylation sites (tertiary alicyclic amines) is 1. The number of nitrogens with zero attached hydrogens (tertiary/aromatic N) is 3. The number of hydrazone groups is 1. The van der Waals surface area contributed by atoms with Crippen LogP contribution in [-0.4, -0.2) is 60.2 Å². The molecule has 2 aromatic carbocycles. The van der Waals surface area contributed by atoms with Crippen LogP contribution in [0.2, 0.25) is 0 Å². The molecule has 2 aliphatic heterocycles. The Morgan fingerprint density at radius 2 is 1.64 bits per heavy atom. The van der Waals surface area contributed by atoms with E-state index < -0.39 is 12.0 Å². The Bertz CT molecular complexity index is 1020. The first-order chi connectivity index (χ1) is 16.1. The van der Waals surface area contributed by atoms with Gasteiger partial charge in [-0.2, -0.15) is 5.10 Å². The molecule has 1 atom stereocenters. The molecule has 0 saturated carbocycles. The van der Waals surface area contributed by atoms with Gasteiger partial charge in [0.1, 0.15) is 11.8 Å². The summed E-state index contributed by atoms with van der Waals surface area (Å²) in [4.78, 5) is 39.9. The lowest BCUT2D eigenvalue weighted by Crippen LogP contribution is -2.51. The molecule has 2 aliphatic rings. The highest BCUT2D eigenvalue weighted by molar-refractivity contribution is 6.38. The SMILES string of the molecule is CCOC(=O)C1=NN(c2ccccc2)C(C(=O)NC2CCN(C(=O)c3ccccc3)CC2)C1. The topological polar surface area (TPSA) is 91.3 Å². The largest absolute Gasteiger partial charge is 0.461 e. The molecule has 0 aliphatic carbocycles. The third-order valence-electron chi connectivity index (χ3n) is 5.89. The Balaban J connectivity index is 1.38. The average molecular weight is 449 g/mol. The number of para-hydroxylation sites is 1. The van der Waals surface area contributed by atoms with Crippen molar-refractivity contribution in [2.75, 3.05) is 24.7 Å². The molecule has 1 N–H and O–H groups in total. The first-order valence-corrected chi connectivity index (χ1v) is 11.3. The zero-order chi connectivity index (χ0) is 23.2. The molecule has 2 heterocycles. The quantitative estimate of drug-likeness (QED) is 0.686. The van der Waals surface area contributed by atoms with E-state index in [1.807, 2.05) is 65.6 Å². The fraction of sp³-hybridized carbons (Fsp3) is 0.360. The van der Waals surface area contributed by atoms with E-state index in [2.05, 4.69) is 10.4 Å². The summed E-state index contributed by atoms with van der Waals surface area (Å²) in [7, 11) is 0. The van der Waals surface area contributed by atoms with Crippen molar-refractivity contribution in [3.63, 3.8) is 0 Å². The van der Waals surface area contributed by atoms with E-state index in [9.17, 15) is 14.4 Å². The maximum absolute atomic E-state index is 13.2. The number of ether oxygens (including phenoxy) is 1. The van der Waals surface area contributed by atoms with E-state index in [1.165, 1.54) is 0 Å². The second kappa shape index (κ2) is 10.3. The lowest BCUT2D eigenvalue weighted by atomic mass is 10.0. The Morgan fingerprint density at radius 3 is 2.27 bits per heavy atom. The molecule has 0 bridgehead atoms. The van der Waals surface area contributed by atoms with Crippen LogP contribution in [0.15, 0.2) is 65.8 Å². The van der Waals surface area contributed by atoms with Crippen molar-refractivity contribution in [1.29, 1.82) is 0 Å². The predicted octanol–water partition coefficient (Wildman–Crippen LogP) is 2.61. The van der Waals surface area contributed by atoms with Gasteiger partial charge in [0, 0.05) is 31.1 Å². The highest BCUT2D eigenvalue weighted by Crippen LogP contribution is 2.25. The predicted molar refractivity (Wildman–Crippen MR) is 125 cm³/mol. The van der Waals surface area contributed by atoms with Crippen LogP contribution in [0.4, 0.5) is 5.69 Å². The molecule has 1 unspecified atom stereocenters. The molecule has 1 saturated heterocycles. The minimum Gasteiger partial charge on any atom is -0.461 e. The van der Waals surface area contributed by atoms with Gasteiger partial charge in [-0.15, -0.1) is 0 Å². The van der Waals surface area contributed by atoms with E-state index in [1.54, 1.807) is 11.9 Å². The standard InChI is InChI=1S/C25H28N4O4/c1-2-33-25(32)21-17-22(29(27-21)20-11-7-4-8-12-20)23(30)26-19-13-15-28(16-14-19)24(31)18-9-5-3-6-10-18/h3-12,19,22H,2,13-17H2,1H3,(H,26,30). The summed E-state index contributed by atoms with van der Waals surface area (Å²) in [5.41, 5.74) is 1.65. The summed E-state index contributed by atoms with van der Waals surface area (Å²) < 4.78 is 5.09. The highest BCUT2D eigenvalue weighted by atomic mass is 16.5. The Labute approximate surface area is 193 Å². The number of rotatable bonds is 6. The smallest absolute Gasteiger partial charge is 0.354 e. The van der Waals surface area contributed by atoms with Crippen molar-refractivity contribution in [3.05, 3.63) is 66.2 Å². The van der Waals surface area contributed by atoms with Crippen LogP contribution in [0.25, 0.3) is 0 Å². The van der Waals surface area contributed by atoms with Gasteiger partial charge in [-0.25, -0.2) is 4.79 Å². The summed E-state index contributed by atoms with van der Waals surface area (Å²) >= 11 is 0. The zero-order valence-electron chi connectivity index (χ0n) is 18.6. The molecule has 8 heteroatoms. The minimum atomic E-state index is -0.629. The molecule has 2 aromatic rings. The van der Waals surface area contributed by atoms with E-state index in [4.69, 9.17) is 4.74 Å². The van der Waals surface area contributed by atoms with Crippen LogP contribution in [0.5, 0.6) is 0 Å². The Morgan fingerprint density at radius 1 is 1.00 bits per heavy atom. The molecule has 1 fully saturated rings. The summed E-state index contributed by atoms with van der Waals surface area (Å²) in [6.07, 6.45) is 1.53. The van der Waals surface area contributed by atoms with Gasteiger partial charge in [0.2, 0.25) is 5.91 Å². The number of amides is 2. The van der Waals surface area contributed by atoms with Gasteiger partial charge in [-0.05, 0) is 44.0 Å². The fourth-order valence-electron chi connectivity index (χ4n) is 4.16. The number of benzene rings is 2. The molecular formula is C25H28N4O4. The second-order valence-electron chi connectivity index (χ2n) is 8.11. The molecule has 33 heavy (non-hydrogen) atoms. The number of anilines is 1. The maximum Gasteiger partial charge on any atom is 0.354 e. The third kappa shape index (κ3) is 5.22. The van der Waals surface area contributed by atoms with Crippen LogP contribution >= 0.6 is 0 Å². The number of piperidine rings is 1. The summed E-state index contributed by atoms with van der Waals surface area (Å²) in [6, 6.07) is 17.9.